The number of benzene rings is 2. The minimum Gasteiger partial charge on any atom is -0.287 e. The molecule has 0 amide bonds. The molecule has 0 saturated heterocycles. The standard InChI is InChI=1S/C26H21N5OS/c1-18-21(13-14-23(32)22-15-17-30(2)29-22)26(31(28-18)20-10-4-3-5-11-20)33-24-12-6-8-19-9-7-16-27-25(19)24/h3-17H,1-2H3/b14-13+. The van der Waals surface area contributed by atoms with Crippen LogP contribution in [0.5, 0.6) is 0 Å². The molecule has 0 atom stereocenters. The van der Waals surface area contributed by atoms with Gasteiger partial charge in [0.05, 0.1) is 16.9 Å². The van der Waals surface area contributed by atoms with Gasteiger partial charge in [-0.1, -0.05) is 48.2 Å². The fraction of sp³-hybridized carbons (Fsp3) is 0.0769. The number of allylic oxidation sites excluding steroid dienone is 1. The number of carbonyl (C=O) groups is 1. The highest BCUT2D eigenvalue weighted by atomic mass is 32.2. The molecule has 162 valence electrons. The van der Waals surface area contributed by atoms with E-state index in [1.54, 1.807) is 48.0 Å². The van der Waals surface area contributed by atoms with E-state index in [-0.39, 0.29) is 5.78 Å². The van der Waals surface area contributed by atoms with E-state index >= 15 is 0 Å². The number of pyridine rings is 1. The van der Waals surface area contributed by atoms with Crippen LogP contribution in [0.3, 0.4) is 0 Å². The van der Waals surface area contributed by atoms with Crippen molar-refractivity contribution >= 4 is 34.5 Å². The molecule has 0 fully saturated rings. The lowest BCUT2D eigenvalue weighted by molar-refractivity contribution is 0.104. The van der Waals surface area contributed by atoms with Crippen molar-refractivity contribution in [1.82, 2.24) is 24.5 Å². The number of para-hydroxylation sites is 2. The van der Waals surface area contributed by atoms with E-state index in [2.05, 4.69) is 28.3 Å². The molecule has 7 heteroatoms. The van der Waals surface area contributed by atoms with Gasteiger partial charge >= 0.3 is 0 Å². The monoisotopic (exact) mass is 451 g/mol. The van der Waals surface area contributed by atoms with Crippen molar-refractivity contribution in [2.24, 2.45) is 7.05 Å². The van der Waals surface area contributed by atoms with E-state index in [0.717, 1.165) is 37.8 Å². The second-order valence-electron chi connectivity index (χ2n) is 7.56. The second-order valence-corrected chi connectivity index (χ2v) is 8.59. The predicted molar refractivity (Wildman–Crippen MR) is 131 cm³/mol. The first kappa shape index (κ1) is 20.9. The molecule has 0 saturated carbocycles. The van der Waals surface area contributed by atoms with Gasteiger partial charge in [-0.2, -0.15) is 10.2 Å². The van der Waals surface area contributed by atoms with Gasteiger partial charge in [0.15, 0.2) is 0 Å². The van der Waals surface area contributed by atoms with Gasteiger partial charge in [-0.05, 0) is 49.4 Å². The summed E-state index contributed by atoms with van der Waals surface area (Å²) in [5.74, 6) is -0.148. The molecule has 0 aliphatic carbocycles. The van der Waals surface area contributed by atoms with Gasteiger partial charge in [0.2, 0.25) is 5.78 Å². The minimum absolute atomic E-state index is 0.148. The number of aromatic nitrogens is 5. The first-order valence-electron chi connectivity index (χ1n) is 10.5. The summed E-state index contributed by atoms with van der Waals surface area (Å²) in [6.45, 7) is 1.95. The maximum absolute atomic E-state index is 12.7. The molecule has 3 heterocycles. The molecule has 6 nitrogen and oxygen atoms in total. The first-order valence-corrected chi connectivity index (χ1v) is 11.3. The van der Waals surface area contributed by atoms with E-state index in [4.69, 9.17) is 5.10 Å². The first-order chi connectivity index (χ1) is 16.1. The third-order valence-electron chi connectivity index (χ3n) is 5.23. The number of ketones is 1. The normalized spacial score (nSPS) is 11.5. The zero-order chi connectivity index (χ0) is 22.8. The van der Waals surface area contributed by atoms with Crippen LogP contribution in [0.25, 0.3) is 22.7 Å². The number of hydrogen-bond acceptors (Lipinski definition) is 5. The molecule has 0 N–H and O–H groups in total. The number of carbonyl (C=O) groups excluding carboxylic acids is 1. The van der Waals surface area contributed by atoms with Gasteiger partial charge in [0, 0.05) is 35.3 Å². The van der Waals surface area contributed by atoms with Gasteiger partial charge in [-0.3, -0.25) is 14.5 Å². The summed E-state index contributed by atoms with van der Waals surface area (Å²) in [5.41, 5.74) is 4.02. The highest BCUT2D eigenvalue weighted by Crippen LogP contribution is 2.37. The highest BCUT2D eigenvalue weighted by molar-refractivity contribution is 7.99. The Labute approximate surface area is 195 Å². The fourth-order valence-corrected chi connectivity index (χ4v) is 4.79. The second kappa shape index (κ2) is 8.88. The lowest BCUT2D eigenvalue weighted by Gasteiger charge is -2.10. The summed E-state index contributed by atoms with van der Waals surface area (Å²) in [7, 11) is 1.79. The van der Waals surface area contributed by atoms with Crippen molar-refractivity contribution in [2.45, 2.75) is 16.8 Å². The molecular weight excluding hydrogens is 430 g/mol. The molecule has 3 aromatic heterocycles. The van der Waals surface area contributed by atoms with Crippen LogP contribution >= 0.6 is 11.8 Å². The number of nitrogens with zero attached hydrogens (tertiary/aromatic N) is 5. The summed E-state index contributed by atoms with van der Waals surface area (Å²) in [6, 6.07) is 21.8. The minimum atomic E-state index is -0.148. The Morgan fingerprint density at radius 2 is 1.79 bits per heavy atom. The van der Waals surface area contributed by atoms with Crippen LogP contribution in [0.4, 0.5) is 0 Å². The summed E-state index contributed by atoms with van der Waals surface area (Å²) >= 11 is 1.59. The average molecular weight is 452 g/mol. The van der Waals surface area contributed by atoms with Crippen LogP contribution in [-0.4, -0.2) is 30.3 Å². The number of rotatable bonds is 6. The molecule has 5 rings (SSSR count). The summed E-state index contributed by atoms with van der Waals surface area (Å²) < 4.78 is 3.54. The molecule has 0 aliphatic heterocycles. The van der Waals surface area contributed by atoms with Gasteiger partial charge in [-0.25, -0.2) is 4.68 Å². The zero-order valence-electron chi connectivity index (χ0n) is 18.2. The lowest BCUT2D eigenvalue weighted by Crippen LogP contribution is -1.99. The van der Waals surface area contributed by atoms with Crippen LogP contribution in [0.1, 0.15) is 21.7 Å². The summed E-state index contributed by atoms with van der Waals surface area (Å²) in [4.78, 5) is 18.3. The molecule has 5 aromatic rings. The Hall–Kier alpha value is -3.97. The summed E-state index contributed by atoms with van der Waals surface area (Å²) in [6.07, 6.45) is 6.96. The smallest absolute Gasteiger partial charge is 0.206 e. The van der Waals surface area contributed by atoms with Gasteiger partial charge < -0.3 is 0 Å². The van der Waals surface area contributed by atoms with Crippen LogP contribution in [0.15, 0.2) is 95.1 Å². The molecule has 0 aliphatic rings. The van der Waals surface area contributed by atoms with Crippen LogP contribution in [0, 0.1) is 6.92 Å². The Morgan fingerprint density at radius 1 is 0.970 bits per heavy atom. The van der Waals surface area contributed by atoms with Crippen molar-refractivity contribution in [1.29, 1.82) is 0 Å². The van der Waals surface area contributed by atoms with E-state index in [0.29, 0.717) is 5.69 Å². The van der Waals surface area contributed by atoms with E-state index in [1.807, 2.05) is 60.1 Å². The van der Waals surface area contributed by atoms with Crippen LogP contribution in [0.2, 0.25) is 0 Å². The van der Waals surface area contributed by atoms with E-state index in [9.17, 15) is 4.79 Å². The van der Waals surface area contributed by atoms with Crippen LogP contribution < -0.4 is 0 Å². The quantitative estimate of drug-likeness (QED) is 0.252. The van der Waals surface area contributed by atoms with Crippen molar-refractivity contribution in [2.75, 3.05) is 0 Å². The van der Waals surface area contributed by atoms with Crippen LogP contribution in [-0.2, 0) is 7.05 Å². The largest absolute Gasteiger partial charge is 0.287 e. The van der Waals surface area contributed by atoms with E-state index in [1.165, 1.54) is 0 Å². The van der Waals surface area contributed by atoms with Crippen molar-refractivity contribution in [3.63, 3.8) is 0 Å². The Kier molecular flexibility index (Phi) is 5.62. The molecule has 33 heavy (non-hydrogen) atoms. The number of aryl methyl sites for hydroxylation is 2. The van der Waals surface area contributed by atoms with Crippen molar-refractivity contribution < 1.29 is 4.79 Å². The zero-order valence-corrected chi connectivity index (χ0v) is 19.0. The van der Waals surface area contributed by atoms with Gasteiger partial charge in [0.25, 0.3) is 0 Å². The molecule has 0 spiro atoms. The molecule has 2 aromatic carbocycles. The van der Waals surface area contributed by atoms with Crippen molar-refractivity contribution in [3.8, 4) is 5.69 Å². The highest BCUT2D eigenvalue weighted by Gasteiger charge is 2.18. The Morgan fingerprint density at radius 3 is 2.58 bits per heavy atom. The number of hydrogen-bond donors (Lipinski definition) is 0. The molecule has 0 bridgehead atoms. The molecular formula is C26H21N5OS. The molecule has 0 unspecified atom stereocenters. The van der Waals surface area contributed by atoms with Crippen molar-refractivity contribution in [3.05, 3.63) is 102 Å². The van der Waals surface area contributed by atoms with E-state index < -0.39 is 0 Å². The van der Waals surface area contributed by atoms with Gasteiger partial charge in [0.1, 0.15) is 10.7 Å². The fourth-order valence-electron chi connectivity index (χ4n) is 3.61. The number of fused-ring (bicyclic) bond motifs is 1. The average Bonchev–Trinajstić information content (AvgIpc) is 3.41. The maximum atomic E-state index is 12.7. The third-order valence-corrected chi connectivity index (χ3v) is 6.37. The predicted octanol–water partition coefficient (Wildman–Crippen LogP) is 5.51. The topological polar surface area (TPSA) is 65.6 Å². The van der Waals surface area contributed by atoms with Gasteiger partial charge in [-0.15, -0.1) is 0 Å². The summed E-state index contributed by atoms with van der Waals surface area (Å²) in [5, 5.41) is 11.0. The third kappa shape index (κ3) is 4.23. The Balaban J connectivity index is 1.61. The lowest BCUT2D eigenvalue weighted by atomic mass is 10.2. The SMILES string of the molecule is Cc1nn(-c2ccccc2)c(Sc2cccc3cccnc23)c1/C=C/C(=O)c1ccn(C)n1. The Bertz CT molecular complexity index is 1480. The molecule has 0 radical (unpaired) electrons. The maximum Gasteiger partial charge on any atom is 0.206 e.